The van der Waals surface area contributed by atoms with Crippen molar-refractivity contribution >= 4 is 31.6 Å². The fourth-order valence-electron chi connectivity index (χ4n) is 1.68. The third-order valence-corrected chi connectivity index (χ3v) is 4.54. The molecule has 0 spiro atoms. The Morgan fingerprint density at radius 3 is 2.62 bits per heavy atom. The van der Waals surface area contributed by atoms with Gasteiger partial charge in [0.1, 0.15) is 5.75 Å². The van der Waals surface area contributed by atoms with E-state index in [1.165, 1.54) is 37.4 Å². The molecule has 0 saturated carbocycles. The van der Waals surface area contributed by atoms with Crippen molar-refractivity contribution in [1.29, 1.82) is 5.26 Å². The van der Waals surface area contributed by atoms with Crippen LogP contribution in [0.4, 0.5) is 5.69 Å². The summed E-state index contributed by atoms with van der Waals surface area (Å²) in [6, 6.07) is 12.8. The highest BCUT2D eigenvalue weighted by atomic mass is 79.9. The summed E-state index contributed by atoms with van der Waals surface area (Å²) in [5, 5.41) is 8.84. The Bertz CT molecular complexity index is 813. The average molecular weight is 367 g/mol. The van der Waals surface area contributed by atoms with Gasteiger partial charge in [0, 0.05) is 10.5 Å². The number of sulfonamides is 1. The number of hydrogen-bond acceptors (Lipinski definition) is 4. The Balaban J connectivity index is 2.40. The molecule has 0 radical (unpaired) electrons. The highest BCUT2D eigenvalue weighted by molar-refractivity contribution is 9.10. The molecule has 1 N–H and O–H groups in total. The number of halogens is 1. The molecular formula is C14H11BrN2O3S. The number of anilines is 1. The fourth-order valence-corrected chi connectivity index (χ4v) is 3.35. The van der Waals surface area contributed by atoms with E-state index in [0.29, 0.717) is 10.0 Å². The zero-order chi connectivity index (χ0) is 15.5. The molecule has 2 aromatic carbocycles. The fraction of sp³-hybridized carbons (Fsp3) is 0.0714. The summed E-state index contributed by atoms with van der Waals surface area (Å²) in [6.07, 6.45) is 0. The number of nitrogens with one attached hydrogen (secondary N) is 1. The maximum Gasteiger partial charge on any atom is 0.262 e. The summed E-state index contributed by atoms with van der Waals surface area (Å²) < 4.78 is 32.9. The zero-order valence-electron chi connectivity index (χ0n) is 11.0. The van der Waals surface area contributed by atoms with Crippen LogP contribution in [0.2, 0.25) is 0 Å². The molecular weight excluding hydrogens is 356 g/mol. The number of hydrogen-bond donors (Lipinski definition) is 1. The van der Waals surface area contributed by atoms with Crippen LogP contribution < -0.4 is 9.46 Å². The van der Waals surface area contributed by atoms with Crippen molar-refractivity contribution in [3.8, 4) is 11.8 Å². The Morgan fingerprint density at radius 1 is 1.24 bits per heavy atom. The molecule has 0 unspecified atom stereocenters. The predicted molar refractivity (Wildman–Crippen MR) is 82.7 cm³/mol. The van der Waals surface area contributed by atoms with Crippen LogP contribution in [0.25, 0.3) is 0 Å². The van der Waals surface area contributed by atoms with Gasteiger partial charge in [-0.2, -0.15) is 5.26 Å². The minimum atomic E-state index is -3.73. The number of rotatable bonds is 4. The molecule has 0 atom stereocenters. The highest BCUT2D eigenvalue weighted by Crippen LogP contribution is 2.28. The summed E-state index contributed by atoms with van der Waals surface area (Å²) in [5.74, 6) is 0.285. The molecule has 2 rings (SSSR count). The van der Waals surface area contributed by atoms with Crippen molar-refractivity contribution in [1.82, 2.24) is 0 Å². The molecule has 0 amide bonds. The molecule has 5 nitrogen and oxygen atoms in total. The second-order valence-electron chi connectivity index (χ2n) is 4.09. The van der Waals surface area contributed by atoms with Gasteiger partial charge in [0.15, 0.2) is 0 Å². The molecule has 108 valence electrons. The third kappa shape index (κ3) is 3.54. The average Bonchev–Trinajstić information content (AvgIpc) is 2.47. The second-order valence-corrected chi connectivity index (χ2v) is 6.69. The highest BCUT2D eigenvalue weighted by Gasteiger charge is 2.17. The molecule has 21 heavy (non-hydrogen) atoms. The van der Waals surface area contributed by atoms with E-state index in [-0.39, 0.29) is 16.3 Å². The lowest BCUT2D eigenvalue weighted by atomic mass is 10.2. The van der Waals surface area contributed by atoms with Crippen LogP contribution in [0.5, 0.6) is 5.75 Å². The smallest absolute Gasteiger partial charge is 0.262 e. The van der Waals surface area contributed by atoms with Gasteiger partial charge in [-0.05, 0) is 30.3 Å². The van der Waals surface area contributed by atoms with E-state index in [1.54, 1.807) is 12.1 Å². The topological polar surface area (TPSA) is 79.2 Å². The Hall–Kier alpha value is -2.04. The van der Waals surface area contributed by atoms with Crippen LogP contribution in [0, 0.1) is 11.3 Å². The van der Waals surface area contributed by atoms with Gasteiger partial charge < -0.3 is 4.74 Å². The van der Waals surface area contributed by atoms with Gasteiger partial charge in [0.2, 0.25) is 0 Å². The molecule has 0 bridgehead atoms. The van der Waals surface area contributed by atoms with Crippen molar-refractivity contribution in [3.05, 3.63) is 52.5 Å². The maximum atomic E-state index is 12.3. The molecule has 0 saturated heterocycles. The van der Waals surface area contributed by atoms with E-state index in [9.17, 15) is 8.42 Å². The van der Waals surface area contributed by atoms with Crippen molar-refractivity contribution in [2.45, 2.75) is 4.90 Å². The quantitative estimate of drug-likeness (QED) is 0.901. The molecule has 2 aromatic rings. The number of nitriles is 1. The van der Waals surface area contributed by atoms with Crippen molar-refractivity contribution in [2.24, 2.45) is 0 Å². The molecule has 0 aliphatic rings. The predicted octanol–water partition coefficient (Wildman–Crippen LogP) is 3.13. The minimum Gasteiger partial charge on any atom is -0.495 e. The van der Waals surface area contributed by atoms with Gasteiger partial charge in [-0.3, -0.25) is 4.72 Å². The van der Waals surface area contributed by atoms with E-state index in [4.69, 9.17) is 10.00 Å². The second kappa shape index (κ2) is 6.16. The van der Waals surface area contributed by atoms with Crippen LogP contribution in [0.3, 0.4) is 0 Å². The molecule has 0 aliphatic heterocycles. The summed E-state index contributed by atoms with van der Waals surface area (Å²) in [5.41, 5.74) is 0.661. The van der Waals surface area contributed by atoms with Crippen molar-refractivity contribution < 1.29 is 13.2 Å². The first kappa shape index (κ1) is 15.4. The number of methoxy groups -OCH3 is 1. The van der Waals surface area contributed by atoms with Gasteiger partial charge in [-0.15, -0.1) is 0 Å². The first-order valence-electron chi connectivity index (χ1n) is 5.83. The van der Waals surface area contributed by atoms with Gasteiger partial charge in [0.05, 0.1) is 29.3 Å². The van der Waals surface area contributed by atoms with E-state index < -0.39 is 10.0 Å². The summed E-state index contributed by atoms with van der Waals surface area (Å²) in [4.78, 5) is 0.128. The normalized spacial score (nSPS) is 10.7. The largest absolute Gasteiger partial charge is 0.495 e. The summed E-state index contributed by atoms with van der Waals surface area (Å²) in [6.45, 7) is 0. The lowest BCUT2D eigenvalue weighted by Gasteiger charge is -2.12. The number of benzene rings is 2. The van der Waals surface area contributed by atoms with E-state index in [1.807, 2.05) is 6.07 Å². The Kier molecular flexibility index (Phi) is 4.50. The SMILES string of the molecule is COc1cc(C#N)ccc1NS(=O)(=O)c1cccc(Br)c1. The molecule has 7 heteroatoms. The first-order chi connectivity index (χ1) is 9.96. The lowest BCUT2D eigenvalue weighted by molar-refractivity contribution is 0.416. The minimum absolute atomic E-state index is 0.128. The Morgan fingerprint density at radius 2 is 2.00 bits per heavy atom. The number of ether oxygens (including phenoxy) is 1. The molecule has 0 aromatic heterocycles. The number of nitrogens with zero attached hydrogens (tertiary/aromatic N) is 1. The van der Waals surface area contributed by atoms with E-state index >= 15 is 0 Å². The lowest BCUT2D eigenvalue weighted by Crippen LogP contribution is -2.13. The standard InChI is InChI=1S/C14H11BrN2O3S/c1-20-14-7-10(9-16)5-6-13(14)17-21(18,19)12-4-2-3-11(15)8-12/h2-8,17H,1H3. The van der Waals surface area contributed by atoms with Crippen LogP contribution in [-0.2, 0) is 10.0 Å². The summed E-state index contributed by atoms with van der Waals surface area (Å²) >= 11 is 3.23. The van der Waals surface area contributed by atoms with Crippen LogP contribution in [0.1, 0.15) is 5.56 Å². The van der Waals surface area contributed by atoms with Crippen LogP contribution in [0.15, 0.2) is 51.8 Å². The zero-order valence-corrected chi connectivity index (χ0v) is 13.4. The van der Waals surface area contributed by atoms with E-state index in [0.717, 1.165) is 0 Å². The molecule has 0 aliphatic carbocycles. The Labute approximate surface area is 131 Å². The van der Waals surface area contributed by atoms with Gasteiger partial charge >= 0.3 is 0 Å². The van der Waals surface area contributed by atoms with E-state index in [2.05, 4.69) is 20.7 Å². The summed E-state index contributed by atoms with van der Waals surface area (Å²) in [7, 11) is -2.32. The van der Waals surface area contributed by atoms with Crippen molar-refractivity contribution in [2.75, 3.05) is 11.8 Å². The van der Waals surface area contributed by atoms with Crippen molar-refractivity contribution in [3.63, 3.8) is 0 Å². The maximum absolute atomic E-state index is 12.3. The first-order valence-corrected chi connectivity index (χ1v) is 8.10. The molecule has 0 fully saturated rings. The van der Waals surface area contributed by atoms with Crippen LogP contribution >= 0.6 is 15.9 Å². The third-order valence-electron chi connectivity index (χ3n) is 2.68. The van der Waals surface area contributed by atoms with Gasteiger partial charge in [0.25, 0.3) is 10.0 Å². The molecule has 0 heterocycles. The van der Waals surface area contributed by atoms with Gasteiger partial charge in [-0.25, -0.2) is 8.42 Å². The van der Waals surface area contributed by atoms with Crippen LogP contribution in [-0.4, -0.2) is 15.5 Å². The monoisotopic (exact) mass is 366 g/mol. The van der Waals surface area contributed by atoms with Gasteiger partial charge in [-0.1, -0.05) is 22.0 Å².